The summed E-state index contributed by atoms with van der Waals surface area (Å²) in [6.45, 7) is -0.602. The Hall–Kier alpha value is -3.23. The van der Waals surface area contributed by atoms with E-state index in [0.29, 0.717) is 0 Å². The molecule has 132 valence electrons. The van der Waals surface area contributed by atoms with Gasteiger partial charge in [0.1, 0.15) is 11.5 Å². The molecule has 0 aliphatic rings. The standard InChI is InChI=1S/C16H12F3NO5/c17-16(18,19)25-13-6-4-11(5-7-13)20-14(22)9-24-15(23)10-2-1-3-12(21)8-10/h1-8,21H,9H2,(H,20,22). The van der Waals surface area contributed by atoms with E-state index in [1.807, 2.05) is 0 Å². The molecule has 0 aliphatic heterocycles. The fourth-order valence-electron chi connectivity index (χ4n) is 1.78. The fourth-order valence-corrected chi connectivity index (χ4v) is 1.78. The number of anilines is 1. The maximum atomic E-state index is 12.0. The number of nitrogens with one attached hydrogen (secondary N) is 1. The van der Waals surface area contributed by atoms with E-state index in [4.69, 9.17) is 4.74 Å². The third-order valence-electron chi connectivity index (χ3n) is 2.79. The van der Waals surface area contributed by atoms with Gasteiger partial charge < -0.3 is 19.9 Å². The summed E-state index contributed by atoms with van der Waals surface area (Å²) in [4.78, 5) is 23.4. The van der Waals surface area contributed by atoms with Crippen LogP contribution in [-0.4, -0.2) is 30.0 Å². The van der Waals surface area contributed by atoms with Gasteiger partial charge >= 0.3 is 12.3 Å². The molecule has 0 saturated carbocycles. The summed E-state index contributed by atoms with van der Waals surface area (Å²) < 4.78 is 44.6. The van der Waals surface area contributed by atoms with Crippen molar-refractivity contribution in [3.05, 3.63) is 54.1 Å². The maximum absolute atomic E-state index is 12.0. The molecule has 2 rings (SSSR count). The number of amides is 1. The Balaban J connectivity index is 1.85. The summed E-state index contributed by atoms with van der Waals surface area (Å²) in [6, 6.07) is 9.86. The first-order chi connectivity index (χ1) is 11.7. The molecule has 0 atom stereocenters. The van der Waals surface area contributed by atoms with Crippen LogP contribution in [0.4, 0.5) is 18.9 Å². The highest BCUT2D eigenvalue weighted by molar-refractivity contribution is 5.95. The predicted octanol–water partition coefficient (Wildman–Crippen LogP) is 3.09. The first-order valence-corrected chi connectivity index (χ1v) is 6.85. The number of phenolic OH excluding ortho intramolecular Hbond substituents is 1. The molecule has 1 amide bonds. The summed E-state index contributed by atoms with van der Waals surface area (Å²) in [5.41, 5.74) is 0.273. The number of halogens is 3. The van der Waals surface area contributed by atoms with Crippen molar-refractivity contribution in [1.82, 2.24) is 0 Å². The highest BCUT2D eigenvalue weighted by atomic mass is 19.4. The summed E-state index contributed by atoms with van der Waals surface area (Å²) in [7, 11) is 0. The van der Waals surface area contributed by atoms with E-state index in [1.54, 1.807) is 0 Å². The monoisotopic (exact) mass is 355 g/mol. The topological polar surface area (TPSA) is 84.9 Å². The summed E-state index contributed by atoms with van der Waals surface area (Å²) in [5, 5.41) is 11.6. The number of carbonyl (C=O) groups excluding carboxylic acids is 2. The zero-order chi connectivity index (χ0) is 18.4. The molecule has 6 nitrogen and oxygen atoms in total. The van der Waals surface area contributed by atoms with Gasteiger partial charge in [-0.3, -0.25) is 4.79 Å². The average Bonchev–Trinajstić information content (AvgIpc) is 2.53. The Kier molecular flexibility index (Phi) is 5.48. The molecule has 2 aromatic carbocycles. The van der Waals surface area contributed by atoms with Crippen LogP contribution in [0.1, 0.15) is 10.4 Å². The van der Waals surface area contributed by atoms with Crippen LogP contribution in [0.5, 0.6) is 11.5 Å². The van der Waals surface area contributed by atoms with Crippen LogP contribution in [0.3, 0.4) is 0 Å². The predicted molar refractivity (Wildman–Crippen MR) is 80.1 cm³/mol. The van der Waals surface area contributed by atoms with Gasteiger partial charge in [-0.2, -0.15) is 0 Å². The Bertz CT molecular complexity index is 759. The van der Waals surface area contributed by atoms with Crippen molar-refractivity contribution in [1.29, 1.82) is 0 Å². The molecule has 0 saturated heterocycles. The van der Waals surface area contributed by atoms with Crippen LogP contribution in [-0.2, 0) is 9.53 Å². The Morgan fingerprint density at radius 3 is 2.36 bits per heavy atom. The van der Waals surface area contributed by atoms with Gasteiger partial charge in [0.2, 0.25) is 0 Å². The van der Waals surface area contributed by atoms with Crippen LogP contribution in [0, 0.1) is 0 Å². The Morgan fingerprint density at radius 1 is 1.08 bits per heavy atom. The van der Waals surface area contributed by atoms with Crippen LogP contribution < -0.4 is 10.1 Å². The molecule has 0 aliphatic carbocycles. The van der Waals surface area contributed by atoms with Gasteiger partial charge in [-0.15, -0.1) is 13.2 Å². The minimum absolute atomic E-state index is 0.0708. The van der Waals surface area contributed by atoms with E-state index >= 15 is 0 Å². The number of benzene rings is 2. The number of alkyl halides is 3. The van der Waals surface area contributed by atoms with E-state index in [0.717, 1.165) is 12.1 Å². The minimum Gasteiger partial charge on any atom is -0.508 e. The van der Waals surface area contributed by atoms with Crippen molar-refractivity contribution in [2.45, 2.75) is 6.36 Å². The zero-order valence-corrected chi connectivity index (χ0v) is 12.5. The molecular formula is C16H12F3NO5. The lowest BCUT2D eigenvalue weighted by atomic mass is 10.2. The normalized spacial score (nSPS) is 10.8. The second kappa shape index (κ2) is 7.56. The molecule has 0 heterocycles. The number of phenols is 1. The summed E-state index contributed by atoms with van der Waals surface area (Å²) in [5.74, 6) is -2.04. The molecule has 0 aromatic heterocycles. The van der Waals surface area contributed by atoms with Gasteiger partial charge in [0.05, 0.1) is 5.56 Å². The van der Waals surface area contributed by atoms with Crippen LogP contribution in [0.2, 0.25) is 0 Å². The van der Waals surface area contributed by atoms with Gasteiger partial charge in [0.15, 0.2) is 6.61 Å². The smallest absolute Gasteiger partial charge is 0.508 e. The number of hydrogen-bond acceptors (Lipinski definition) is 5. The average molecular weight is 355 g/mol. The second-order valence-corrected chi connectivity index (χ2v) is 4.75. The van der Waals surface area contributed by atoms with Crippen molar-refractivity contribution in [3.63, 3.8) is 0 Å². The van der Waals surface area contributed by atoms with E-state index in [9.17, 15) is 27.9 Å². The number of rotatable bonds is 5. The maximum Gasteiger partial charge on any atom is 0.573 e. The lowest BCUT2D eigenvalue weighted by molar-refractivity contribution is -0.274. The van der Waals surface area contributed by atoms with E-state index in [2.05, 4.69) is 10.1 Å². The number of carbonyl (C=O) groups is 2. The van der Waals surface area contributed by atoms with Crippen LogP contribution in [0.15, 0.2) is 48.5 Å². The second-order valence-electron chi connectivity index (χ2n) is 4.75. The minimum atomic E-state index is -4.80. The van der Waals surface area contributed by atoms with Crippen LogP contribution in [0.25, 0.3) is 0 Å². The largest absolute Gasteiger partial charge is 0.573 e. The quantitative estimate of drug-likeness (QED) is 0.805. The molecule has 0 fully saturated rings. The molecule has 0 unspecified atom stereocenters. The van der Waals surface area contributed by atoms with Crippen molar-refractivity contribution in [2.75, 3.05) is 11.9 Å². The molecule has 0 bridgehead atoms. The molecule has 2 aromatic rings. The molecule has 25 heavy (non-hydrogen) atoms. The Morgan fingerprint density at radius 2 is 1.76 bits per heavy atom. The lowest BCUT2D eigenvalue weighted by Crippen LogP contribution is -2.21. The van der Waals surface area contributed by atoms with Crippen molar-refractivity contribution >= 4 is 17.6 Å². The van der Waals surface area contributed by atoms with E-state index < -0.39 is 30.6 Å². The van der Waals surface area contributed by atoms with Crippen LogP contribution >= 0.6 is 0 Å². The van der Waals surface area contributed by atoms with Crippen molar-refractivity contribution in [2.24, 2.45) is 0 Å². The van der Waals surface area contributed by atoms with E-state index in [1.165, 1.54) is 36.4 Å². The number of esters is 1. The molecule has 2 N–H and O–H groups in total. The number of hydrogen-bond donors (Lipinski definition) is 2. The third-order valence-corrected chi connectivity index (χ3v) is 2.79. The van der Waals surface area contributed by atoms with Crippen molar-refractivity contribution < 1.29 is 37.3 Å². The number of ether oxygens (including phenoxy) is 2. The Labute approximate surface area is 139 Å². The summed E-state index contributed by atoms with van der Waals surface area (Å²) >= 11 is 0. The molecule has 0 spiro atoms. The lowest BCUT2D eigenvalue weighted by Gasteiger charge is -2.10. The molecule has 0 radical (unpaired) electrons. The van der Waals surface area contributed by atoms with Gasteiger partial charge in [0.25, 0.3) is 5.91 Å². The molecular weight excluding hydrogens is 343 g/mol. The first-order valence-electron chi connectivity index (χ1n) is 6.85. The van der Waals surface area contributed by atoms with Gasteiger partial charge in [0, 0.05) is 5.69 Å². The van der Waals surface area contributed by atoms with Gasteiger partial charge in [-0.05, 0) is 42.5 Å². The van der Waals surface area contributed by atoms with Gasteiger partial charge in [-0.25, -0.2) is 4.79 Å². The van der Waals surface area contributed by atoms with Gasteiger partial charge in [-0.1, -0.05) is 6.07 Å². The highest BCUT2D eigenvalue weighted by Crippen LogP contribution is 2.23. The SMILES string of the molecule is O=C(COC(=O)c1cccc(O)c1)Nc1ccc(OC(F)(F)F)cc1. The first kappa shape index (κ1) is 18.1. The molecule has 9 heteroatoms. The third kappa shape index (κ3) is 6.05. The zero-order valence-electron chi connectivity index (χ0n) is 12.5. The fraction of sp³-hybridized carbons (Fsp3) is 0.125. The number of aromatic hydroxyl groups is 1. The highest BCUT2D eigenvalue weighted by Gasteiger charge is 2.30. The summed E-state index contributed by atoms with van der Waals surface area (Å²) in [6.07, 6.45) is -4.80. The van der Waals surface area contributed by atoms with Crippen molar-refractivity contribution in [3.8, 4) is 11.5 Å². The van der Waals surface area contributed by atoms with E-state index in [-0.39, 0.29) is 17.0 Å².